The van der Waals surface area contributed by atoms with Crippen molar-refractivity contribution in [2.45, 2.75) is 19.5 Å². The Morgan fingerprint density at radius 2 is 2.06 bits per heavy atom. The van der Waals surface area contributed by atoms with Crippen LogP contribution in [0, 0.1) is 6.92 Å². The topological polar surface area (TPSA) is 68.8 Å². The largest absolute Gasteiger partial charge is 0.353 e. The lowest BCUT2D eigenvalue weighted by molar-refractivity contribution is 0.545. The number of aryl methyl sites for hydroxylation is 1. The monoisotopic (exact) mass is 229 g/mol. The van der Waals surface area contributed by atoms with Crippen molar-refractivity contribution in [3.8, 4) is 11.4 Å². The summed E-state index contributed by atoms with van der Waals surface area (Å²) < 4.78 is 2.04. The van der Waals surface area contributed by atoms with Crippen molar-refractivity contribution in [2.75, 3.05) is 11.9 Å². The summed E-state index contributed by atoms with van der Waals surface area (Å²) in [4.78, 5) is 0. The molecule has 0 bridgehead atoms. The molecule has 0 radical (unpaired) electrons. The zero-order valence-electron chi connectivity index (χ0n) is 9.72. The molecular weight excluding hydrogens is 214 g/mol. The van der Waals surface area contributed by atoms with Crippen LogP contribution in [0.2, 0.25) is 0 Å². The second-order valence-corrected chi connectivity index (χ2v) is 4.46. The van der Waals surface area contributed by atoms with Crippen molar-refractivity contribution in [1.82, 2.24) is 14.8 Å². The van der Waals surface area contributed by atoms with Gasteiger partial charge in [0.1, 0.15) is 0 Å². The van der Waals surface area contributed by atoms with Crippen molar-refractivity contribution in [1.29, 1.82) is 0 Å². The van der Waals surface area contributed by atoms with Crippen LogP contribution in [0.1, 0.15) is 5.56 Å². The Labute approximate surface area is 99.7 Å². The summed E-state index contributed by atoms with van der Waals surface area (Å²) >= 11 is 0. The van der Waals surface area contributed by atoms with E-state index in [1.54, 1.807) is 0 Å². The average molecular weight is 229 g/mol. The Hall–Kier alpha value is -1.88. The van der Waals surface area contributed by atoms with Gasteiger partial charge in [-0.25, -0.2) is 0 Å². The first-order valence-corrected chi connectivity index (χ1v) is 5.74. The lowest BCUT2D eigenvalue weighted by Crippen LogP contribution is -2.38. The molecule has 1 atom stereocenters. The number of nitrogens with two attached hydrogens (primary N) is 1. The van der Waals surface area contributed by atoms with E-state index >= 15 is 0 Å². The number of nitrogens with zero attached hydrogens (tertiary/aromatic N) is 3. The molecule has 0 amide bonds. The van der Waals surface area contributed by atoms with Crippen LogP contribution in [-0.4, -0.2) is 27.4 Å². The molecule has 3 N–H and O–H groups in total. The van der Waals surface area contributed by atoms with Gasteiger partial charge in [-0.2, -0.15) is 0 Å². The van der Waals surface area contributed by atoms with Gasteiger partial charge in [0, 0.05) is 24.7 Å². The zero-order chi connectivity index (χ0) is 11.8. The Morgan fingerprint density at radius 3 is 2.82 bits per heavy atom. The molecule has 1 aromatic heterocycles. The van der Waals surface area contributed by atoms with E-state index in [2.05, 4.69) is 46.7 Å². The van der Waals surface area contributed by atoms with Crippen LogP contribution in [0.4, 0.5) is 5.95 Å². The van der Waals surface area contributed by atoms with Gasteiger partial charge in [0.15, 0.2) is 5.82 Å². The molecule has 1 aliphatic rings. The average Bonchev–Trinajstić information content (AvgIpc) is 2.73. The molecule has 0 aliphatic carbocycles. The Balaban J connectivity index is 2.04. The van der Waals surface area contributed by atoms with Crippen LogP contribution in [0.5, 0.6) is 0 Å². The Kier molecular flexibility index (Phi) is 2.33. The molecule has 1 aromatic carbocycles. The third-order valence-corrected chi connectivity index (χ3v) is 3.00. The number of fused-ring (bicyclic) bond motifs is 1. The summed E-state index contributed by atoms with van der Waals surface area (Å²) in [5, 5.41) is 11.5. The van der Waals surface area contributed by atoms with Gasteiger partial charge in [0.2, 0.25) is 5.95 Å². The highest BCUT2D eigenvalue weighted by molar-refractivity contribution is 5.58. The van der Waals surface area contributed by atoms with Crippen LogP contribution in [0.25, 0.3) is 11.4 Å². The van der Waals surface area contributed by atoms with E-state index in [0.717, 1.165) is 30.4 Å². The summed E-state index contributed by atoms with van der Waals surface area (Å²) in [5.74, 6) is 1.69. The van der Waals surface area contributed by atoms with Crippen LogP contribution < -0.4 is 11.1 Å². The number of benzene rings is 1. The second-order valence-electron chi connectivity index (χ2n) is 4.46. The third-order valence-electron chi connectivity index (χ3n) is 3.00. The van der Waals surface area contributed by atoms with E-state index in [9.17, 15) is 0 Å². The first kappa shape index (κ1) is 10.3. The highest BCUT2D eigenvalue weighted by atomic mass is 15.4. The highest BCUT2D eigenvalue weighted by Crippen LogP contribution is 2.23. The minimum atomic E-state index is 0.114. The third kappa shape index (κ3) is 1.78. The molecule has 1 unspecified atom stereocenters. The number of hydrogen-bond acceptors (Lipinski definition) is 4. The molecule has 0 spiro atoms. The van der Waals surface area contributed by atoms with Gasteiger partial charge in [0.05, 0.1) is 0 Å². The maximum Gasteiger partial charge on any atom is 0.225 e. The van der Waals surface area contributed by atoms with Gasteiger partial charge >= 0.3 is 0 Å². The molecule has 0 fully saturated rings. The number of anilines is 1. The van der Waals surface area contributed by atoms with Gasteiger partial charge < -0.3 is 11.1 Å². The number of nitrogens with one attached hydrogen (secondary N) is 1. The van der Waals surface area contributed by atoms with E-state index < -0.39 is 0 Å². The molecule has 0 saturated carbocycles. The molecule has 2 aromatic rings. The number of aromatic nitrogens is 3. The lowest BCUT2D eigenvalue weighted by atomic mass is 10.1. The fourth-order valence-electron chi connectivity index (χ4n) is 2.04. The van der Waals surface area contributed by atoms with Crippen LogP contribution in [0.15, 0.2) is 24.3 Å². The second kappa shape index (κ2) is 3.85. The van der Waals surface area contributed by atoms with Crippen molar-refractivity contribution in [2.24, 2.45) is 5.73 Å². The fraction of sp³-hybridized carbons (Fsp3) is 0.333. The van der Waals surface area contributed by atoms with E-state index in [-0.39, 0.29) is 6.04 Å². The Bertz CT molecular complexity index is 528. The maximum atomic E-state index is 5.94. The zero-order valence-corrected chi connectivity index (χ0v) is 9.72. The summed E-state index contributed by atoms with van der Waals surface area (Å²) in [6.07, 6.45) is 0. The van der Waals surface area contributed by atoms with Gasteiger partial charge in [0.25, 0.3) is 0 Å². The SMILES string of the molecule is Cc1ccc(-c2nnc3n2CC(N)CN3)cc1. The predicted octanol–water partition coefficient (Wildman–Crippen LogP) is 1.01. The number of rotatable bonds is 1. The normalized spacial score (nSPS) is 18.6. The van der Waals surface area contributed by atoms with Gasteiger partial charge in [-0.1, -0.05) is 29.8 Å². The van der Waals surface area contributed by atoms with Crippen molar-refractivity contribution in [3.63, 3.8) is 0 Å². The molecule has 1 aliphatic heterocycles. The summed E-state index contributed by atoms with van der Waals surface area (Å²) in [6, 6.07) is 8.39. The van der Waals surface area contributed by atoms with Crippen molar-refractivity contribution >= 4 is 5.95 Å². The first-order valence-electron chi connectivity index (χ1n) is 5.74. The molecular formula is C12H15N5. The maximum absolute atomic E-state index is 5.94. The van der Waals surface area contributed by atoms with Crippen molar-refractivity contribution < 1.29 is 0 Å². The summed E-state index contributed by atoms with van der Waals surface area (Å²) in [5.41, 5.74) is 8.25. The first-order chi connectivity index (χ1) is 8.24. The van der Waals surface area contributed by atoms with E-state index in [1.807, 2.05) is 4.57 Å². The van der Waals surface area contributed by atoms with Gasteiger partial charge in [-0.3, -0.25) is 4.57 Å². The number of hydrogen-bond donors (Lipinski definition) is 2. The fourth-order valence-corrected chi connectivity index (χ4v) is 2.04. The summed E-state index contributed by atoms with van der Waals surface area (Å²) in [6.45, 7) is 3.59. The minimum Gasteiger partial charge on any atom is -0.353 e. The molecule has 3 rings (SSSR count). The lowest BCUT2D eigenvalue weighted by Gasteiger charge is -2.22. The molecule has 5 nitrogen and oxygen atoms in total. The standard InChI is InChI=1S/C12H15N5/c1-8-2-4-9(5-3-8)11-15-16-12-14-6-10(13)7-17(11)12/h2-5,10H,6-7,13H2,1H3,(H,14,16). The Morgan fingerprint density at radius 1 is 1.29 bits per heavy atom. The van der Waals surface area contributed by atoms with Gasteiger partial charge in [-0.15, -0.1) is 10.2 Å². The van der Waals surface area contributed by atoms with Crippen LogP contribution in [-0.2, 0) is 6.54 Å². The molecule has 88 valence electrons. The van der Waals surface area contributed by atoms with Gasteiger partial charge in [-0.05, 0) is 6.92 Å². The molecule has 0 saturated heterocycles. The summed E-state index contributed by atoms with van der Waals surface area (Å²) in [7, 11) is 0. The van der Waals surface area contributed by atoms with E-state index in [0.29, 0.717) is 0 Å². The smallest absolute Gasteiger partial charge is 0.225 e. The van der Waals surface area contributed by atoms with Crippen LogP contribution >= 0.6 is 0 Å². The molecule has 17 heavy (non-hydrogen) atoms. The molecule has 5 heteroatoms. The van der Waals surface area contributed by atoms with E-state index in [1.165, 1.54) is 5.56 Å². The van der Waals surface area contributed by atoms with Crippen molar-refractivity contribution in [3.05, 3.63) is 29.8 Å². The van der Waals surface area contributed by atoms with Crippen LogP contribution in [0.3, 0.4) is 0 Å². The van der Waals surface area contributed by atoms with E-state index in [4.69, 9.17) is 5.73 Å². The quantitative estimate of drug-likeness (QED) is 0.765. The molecule has 2 heterocycles. The highest BCUT2D eigenvalue weighted by Gasteiger charge is 2.20. The predicted molar refractivity (Wildman–Crippen MR) is 66.7 cm³/mol. The minimum absolute atomic E-state index is 0.114.